The van der Waals surface area contributed by atoms with Gasteiger partial charge in [0.1, 0.15) is 29.5 Å². The average molecular weight is 537 g/mol. The molecule has 13 nitrogen and oxygen atoms in total. The van der Waals surface area contributed by atoms with E-state index >= 15 is 0 Å². The fourth-order valence-electron chi connectivity index (χ4n) is 3.43. The molecule has 0 saturated carbocycles. The number of methoxy groups -OCH3 is 1. The molecule has 0 spiro atoms. The van der Waals surface area contributed by atoms with E-state index in [0.29, 0.717) is 36.7 Å². The minimum Gasteiger partial charge on any atom is -0.480 e. The van der Waals surface area contributed by atoms with Gasteiger partial charge < -0.3 is 34.1 Å². The summed E-state index contributed by atoms with van der Waals surface area (Å²) >= 11 is 0. The Kier molecular flexibility index (Phi) is 9.95. The lowest BCUT2D eigenvalue weighted by atomic mass is 10.0. The van der Waals surface area contributed by atoms with Crippen molar-refractivity contribution >= 4 is 30.5 Å². The van der Waals surface area contributed by atoms with Crippen molar-refractivity contribution in [3.05, 3.63) is 43.0 Å². The lowest BCUT2D eigenvalue weighted by molar-refractivity contribution is -0.144. The number of benzene rings is 1. The van der Waals surface area contributed by atoms with Gasteiger partial charge >= 0.3 is 13.5 Å². The maximum atomic E-state index is 14.0. The first-order valence-electron chi connectivity index (χ1n) is 11.6. The van der Waals surface area contributed by atoms with E-state index in [1.165, 1.54) is 13.3 Å². The van der Waals surface area contributed by atoms with Gasteiger partial charge in [0.15, 0.2) is 11.5 Å². The molecule has 14 heteroatoms. The molecular formula is C23H33N6O7P. The maximum absolute atomic E-state index is 14.0. The first-order chi connectivity index (χ1) is 17.7. The summed E-state index contributed by atoms with van der Waals surface area (Å²) in [5.41, 5.74) is 5.25. The number of ether oxygens (including phenoxy) is 3. The third kappa shape index (κ3) is 7.94. The van der Waals surface area contributed by atoms with Gasteiger partial charge in [0.25, 0.3) is 0 Å². The van der Waals surface area contributed by atoms with E-state index < -0.39 is 25.1 Å². The number of nitrogens with zero attached hydrogens (tertiary/aromatic N) is 4. The molecule has 2 unspecified atom stereocenters. The quantitative estimate of drug-likeness (QED) is 0.181. The molecular weight excluding hydrogens is 503 g/mol. The van der Waals surface area contributed by atoms with E-state index in [1.54, 1.807) is 55.3 Å². The Hall–Kier alpha value is -3.09. The molecule has 202 valence electrons. The van der Waals surface area contributed by atoms with Crippen LogP contribution in [-0.2, 0) is 30.1 Å². The zero-order chi connectivity index (χ0) is 26.9. The Balaban J connectivity index is 1.73. The molecule has 2 aromatic heterocycles. The number of aromatic nitrogens is 4. The highest BCUT2D eigenvalue weighted by molar-refractivity contribution is 7.57. The van der Waals surface area contributed by atoms with Crippen LogP contribution in [0.4, 0.5) is 5.82 Å². The van der Waals surface area contributed by atoms with E-state index in [2.05, 4.69) is 20.0 Å². The number of hydrogen-bond donors (Lipinski definition) is 3. The van der Waals surface area contributed by atoms with Crippen molar-refractivity contribution in [1.82, 2.24) is 24.6 Å². The number of hydrogen-bond acceptors (Lipinski definition) is 10. The number of rotatable bonds is 16. The summed E-state index contributed by atoms with van der Waals surface area (Å²) in [5, 5.41) is 12.7. The van der Waals surface area contributed by atoms with E-state index in [4.69, 9.17) is 24.5 Å². The Bertz CT molecular complexity index is 1210. The van der Waals surface area contributed by atoms with Crippen molar-refractivity contribution in [2.24, 2.45) is 0 Å². The van der Waals surface area contributed by atoms with Gasteiger partial charge in [-0.05, 0) is 32.4 Å². The van der Waals surface area contributed by atoms with Gasteiger partial charge in [-0.1, -0.05) is 18.2 Å². The second-order valence-corrected chi connectivity index (χ2v) is 10.6. The SMILES string of the molecule is COCCOCCC(C)(NP(=O)(CO[C@H](C)Cn1cnc2c(N)ncnc21)Oc1ccccc1)C(=O)O. The van der Waals surface area contributed by atoms with E-state index in [1.807, 2.05) is 0 Å². The van der Waals surface area contributed by atoms with Crippen LogP contribution >= 0.6 is 7.52 Å². The van der Waals surface area contributed by atoms with Gasteiger partial charge in [-0.25, -0.2) is 20.0 Å². The van der Waals surface area contributed by atoms with Crippen LogP contribution in [0.25, 0.3) is 11.2 Å². The van der Waals surface area contributed by atoms with Crippen LogP contribution in [0.1, 0.15) is 20.3 Å². The van der Waals surface area contributed by atoms with Crippen LogP contribution in [0.5, 0.6) is 5.75 Å². The monoisotopic (exact) mass is 536 g/mol. The number of carboxylic acid groups (broad SMARTS) is 1. The number of fused-ring (bicyclic) bond motifs is 1. The number of nitrogen functional groups attached to an aromatic ring is 1. The highest BCUT2D eigenvalue weighted by Crippen LogP contribution is 2.46. The molecule has 2 heterocycles. The van der Waals surface area contributed by atoms with Gasteiger partial charge in [-0.3, -0.25) is 9.36 Å². The van der Waals surface area contributed by atoms with Crippen molar-refractivity contribution in [2.45, 2.75) is 38.5 Å². The van der Waals surface area contributed by atoms with E-state index in [0.717, 1.165) is 0 Å². The number of carboxylic acids is 1. The van der Waals surface area contributed by atoms with Crippen molar-refractivity contribution in [3.63, 3.8) is 0 Å². The van der Waals surface area contributed by atoms with Crippen LogP contribution in [0.3, 0.4) is 0 Å². The topological polar surface area (TPSA) is 173 Å². The molecule has 0 saturated heterocycles. The first-order valence-corrected chi connectivity index (χ1v) is 13.4. The highest BCUT2D eigenvalue weighted by atomic mass is 31.2. The minimum atomic E-state index is -3.88. The van der Waals surface area contributed by atoms with Crippen LogP contribution in [0.15, 0.2) is 43.0 Å². The summed E-state index contributed by atoms with van der Waals surface area (Å²) in [6, 6.07) is 8.49. The van der Waals surface area contributed by atoms with Crippen LogP contribution in [-0.4, -0.2) is 75.5 Å². The second-order valence-electron chi connectivity index (χ2n) is 8.62. The molecule has 0 radical (unpaired) electrons. The van der Waals surface area contributed by atoms with Crippen LogP contribution in [0.2, 0.25) is 0 Å². The number of aliphatic carboxylic acids is 1. The van der Waals surface area contributed by atoms with Gasteiger partial charge in [0, 0.05) is 13.7 Å². The normalized spacial score (nSPS) is 15.6. The molecule has 0 fully saturated rings. The molecule has 3 rings (SSSR count). The van der Waals surface area contributed by atoms with Crippen molar-refractivity contribution < 1.29 is 33.2 Å². The first kappa shape index (κ1) is 28.5. The Labute approximate surface area is 214 Å². The summed E-state index contributed by atoms with van der Waals surface area (Å²) in [4.78, 5) is 24.6. The summed E-state index contributed by atoms with van der Waals surface area (Å²) < 4.78 is 37.8. The lowest BCUT2D eigenvalue weighted by Crippen LogP contribution is -2.49. The zero-order valence-electron chi connectivity index (χ0n) is 21.1. The van der Waals surface area contributed by atoms with Gasteiger partial charge in [0.2, 0.25) is 0 Å². The number of imidazole rings is 1. The number of nitrogens with two attached hydrogens (primary N) is 1. The molecule has 0 aliphatic carbocycles. The molecule has 0 amide bonds. The fourth-order valence-corrected chi connectivity index (χ4v) is 5.46. The largest absolute Gasteiger partial charge is 0.480 e. The van der Waals surface area contributed by atoms with Crippen LogP contribution < -0.4 is 15.3 Å². The molecule has 0 bridgehead atoms. The summed E-state index contributed by atoms with van der Waals surface area (Å²) in [6.07, 6.45) is 2.10. The molecule has 0 aliphatic heterocycles. The number of anilines is 1. The third-order valence-corrected chi connectivity index (χ3v) is 7.30. The van der Waals surface area contributed by atoms with Gasteiger partial charge in [-0.15, -0.1) is 0 Å². The van der Waals surface area contributed by atoms with Crippen LogP contribution in [0, 0.1) is 0 Å². The summed E-state index contributed by atoms with van der Waals surface area (Å²) in [5.74, 6) is -0.622. The summed E-state index contributed by atoms with van der Waals surface area (Å²) in [6.45, 7) is 4.33. The molecule has 4 N–H and O–H groups in total. The molecule has 0 aliphatic rings. The van der Waals surface area contributed by atoms with Gasteiger partial charge in [0.05, 0.1) is 32.2 Å². The predicted molar refractivity (Wildman–Crippen MR) is 136 cm³/mol. The fraction of sp³-hybridized carbons (Fsp3) is 0.478. The molecule has 1 aromatic carbocycles. The van der Waals surface area contributed by atoms with E-state index in [9.17, 15) is 14.5 Å². The van der Waals surface area contributed by atoms with Crippen molar-refractivity contribution in [2.75, 3.05) is 39.0 Å². The standard InChI is InChI=1S/C23H33N6O7P/c1-17(13-29-15-27-19-20(24)25-14-26-21(19)29)35-16-37(32,36-18-7-5-4-6-8-18)28-23(2,22(30)31)9-10-34-12-11-33-3/h4-8,14-15,17H,9-13,16H2,1-3H3,(H,28,32)(H,30,31)(H2,24,25,26)/t17-,23?,37?/m1/s1. The molecule has 3 atom stereocenters. The number of nitrogens with one attached hydrogen (secondary N) is 1. The number of carbonyl (C=O) groups is 1. The second kappa shape index (κ2) is 12.9. The van der Waals surface area contributed by atoms with E-state index in [-0.39, 0.29) is 25.2 Å². The van der Waals surface area contributed by atoms with Crippen molar-refractivity contribution in [1.29, 1.82) is 0 Å². The Morgan fingerprint density at radius 2 is 1.97 bits per heavy atom. The third-order valence-electron chi connectivity index (χ3n) is 5.48. The predicted octanol–water partition coefficient (Wildman–Crippen LogP) is 2.53. The van der Waals surface area contributed by atoms with Gasteiger partial charge in [-0.2, -0.15) is 0 Å². The minimum absolute atomic E-state index is 0.0336. The average Bonchev–Trinajstić information content (AvgIpc) is 3.27. The zero-order valence-corrected chi connectivity index (χ0v) is 22.0. The maximum Gasteiger partial charge on any atom is 0.342 e. The highest BCUT2D eigenvalue weighted by Gasteiger charge is 2.41. The smallest absolute Gasteiger partial charge is 0.342 e. The van der Waals surface area contributed by atoms with Crippen molar-refractivity contribution in [3.8, 4) is 5.75 Å². The number of para-hydroxylation sites is 1. The Morgan fingerprint density at radius 3 is 2.68 bits per heavy atom. The molecule has 37 heavy (non-hydrogen) atoms. The summed E-state index contributed by atoms with van der Waals surface area (Å²) in [7, 11) is -2.34. The molecule has 3 aromatic rings. The lowest BCUT2D eigenvalue weighted by Gasteiger charge is -2.32. The Morgan fingerprint density at radius 1 is 1.22 bits per heavy atom.